The van der Waals surface area contributed by atoms with Gasteiger partial charge in [-0.3, -0.25) is 0 Å². The highest BCUT2D eigenvalue weighted by molar-refractivity contribution is 5.79. The molecular formula is C23H29F3N4O2. The van der Waals surface area contributed by atoms with Crippen molar-refractivity contribution in [1.82, 2.24) is 20.4 Å². The number of aryl methyl sites for hydroxylation is 1. The highest BCUT2D eigenvalue weighted by Crippen LogP contribution is 2.55. The summed E-state index contributed by atoms with van der Waals surface area (Å²) in [5.41, 5.74) is -0.132. The van der Waals surface area contributed by atoms with E-state index in [1.54, 1.807) is 24.8 Å². The first-order valence-electron chi connectivity index (χ1n) is 11.5. The van der Waals surface area contributed by atoms with Crippen LogP contribution in [0.3, 0.4) is 0 Å². The lowest BCUT2D eigenvalue weighted by Crippen LogP contribution is -2.71. The lowest BCUT2D eigenvalue weighted by atomic mass is 9.64. The van der Waals surface area contributed by atoms with Crippen molar-refractivity contribution in [3.8, 4) is 0 Å². The number of allylic oxidation sites excluding steroid dienone is 4. The molecule has 2 amide bonds. The van der Waals surface area contributed by atoms with Gasteiger partial charge in [0.2, 0.25) is 11.8 Å². The normalized spacial score (nSPS) is 32.9. The number of hydrogen-bond donors (Lipinski definition) is 1. The van der Waals surface area contributed by atoms with E-state index in [-0.39, 0.29) is 24.4 Å². The van der Waals surface area contributed by atoms with Crippen LogP contribution in [0.15, 0.2) is 27.3 Å². The van der Waals surface area contributed by atoms with Crippen molar-refractivity contribution < 1.29 is 22.4 Å². The fourth-order valence-corrected chi connectivity index (χ4v) is 6.07. The summed E-state index contributed by atoms with van der Waals surface area (Å²) < 4.78 is 46.8. The van der Waals surface area contributed by atoms with E-state index in [1.165, 1.54) is 0 Å². The molecule has 2 bridgehead atoms. The Hall–Kier alpha value is -2.32. The highest BCUT2D eigenvalue weighted by atomic mass is 19.4. The van der Waals surface area contributed by atoms with Gasteiger partial charge in [0.05, 0.1) is 0 Å². The number of carbonyl (C=O) groups excluding carboxylic acids is 1. The number of piperidine rings is 1. The molecule has 1 aromatic rings. The molecule has 3 aliphatic carbocycles. The summed E-state index contributed by atoms with van der Waals surface area (Å²) >= 11 is 0. The van der Waals surface area contributed by atoms with Crippen LogP contribution in [0, 0.1) is 24.7 Å². The third kappa shape index (κ3) is 3.35. The highest BCUT2D eigenvalue weighted by Gasteiger charge is 2.62. The van der Waals surface area contributed by atoms with E-state index in [4.69, 9.17) is 4.42 Å². The molecule has 1 aromatic heterocycles. The maximum absolute atomic E-state index is 13.7. The predicted octanol–water partition coefficient (Wildman–Crippen LogP) is 5.37. The number of likely N-dealkylation sites (tertiary alicyclic amines) is 1. The van der Waals surface area contributed by atoms with Crippen LogP contribution < -0.4 is 5.32 Å². The minimum Gasteiger partial charge on any atom is -0.423 e. The Labute approximate surface area is 185 Å². The first-order chi connectivity index (χ1) is 15.1. The Balaban J connectivity index is 1.43. The van der Waals surface area contributed by atoms with Crippen LogP contribution in [0.4, 0.5) is 18.0 Å². The Bertz CT molecular complexity index is 994. The minimum absolute atomic E-state index is 0.0667. The molecule has 2 saturated carbocycles. The molecule has 0 aromatic carbocycles. The summed E-state index contributed by atoms with van der Waals surface area (Å²) in [6.07, 6.45) is 2.04. The molecule has 5 rings (SSSR count). The molecule has 6 nitrogen and oxygen atoms in total. The average Bonchev–Trinajstić information content (AvgIpc) is 3.07. The number of hydrogen-bond acceptors (Lipinski definition) is 4. The van der Waals surface area contributed by atoms with Crippen LogP contribution >= 0.6 is 0 Å². The van der Waals surface area contributed by atoms with Gasteiger partial charge in [-0.15, -0.1) is 10.2 Å². The Morgan fingerprint density at radius 3 is 2.59 bits per heavy atom. The number of rotatable bonds is 3. The lowest BCUT2D eigenvalue weighted by molar-refractivity contribution is -0.113. The van der Waals surface area contributed by atoms with E-state index in [0.29, 0.717) is 29.0 Å². The SMILES string of the molecule is Cc1nnc(C23CC(C[C@@H](C)C2)N3C(=O)NC2=CC(C3CCC3)=C(C(F)(F)F)CC2C)o1. The van der Waals surface area contributed by atoms with E-state index < -0.39 is 23.2 Å². The predicted molar refractivity (Wildman–Crippen MR) is 110 cm³/mol. The van der Waals surface area contributed by atoms with Crippen LogP contribution in [0.5, 0.6) is 0 Å². The molecule has 1 N–H and O–H groups in total. The Morgan fingerprint density at radius 2 is 2.00 bits per heavy atom. The van der Waals surface area contributed by atoms with E-state index in [0.717, 1.165) is 38.5 Å². The summed E-state index contributed by atoms with van der Waals surface area (Å²) in [6, 6.07) is -0.219. The molecule has 0 spiro atoms. The first kappa shape index (κ1) is 21.5. The van der Waals surface area contributed by atoms with E-state index in [1.807, 2.05) is 0 Å². The van der Waals surface area contributed by atoms with Gasteiger partial charge in [-0.1, -0.05) is 20.3 Å². The van der Waals surface area contributed by atoms with Gasteiger partial charge in [0.15, 0.2) is 0 Å². The number of nitrogens with zero attached hydrogens (tertiary/aromatic N) is 3. The molecule has 4 aliphatic rings. The minimum atomic E-state index is -4.34. The van der Waals surface area contributed by atoms with Gasteiger partial charge in [-0.05, 0) is 55.6 Å². The van der Waals surface area contributed by atoms with Crippen LogP contribution in [0.2, 0.25) is 0 Å². The molecule has 4 atom stereocenters. The van der Waals surface area contributed by atoms with Crippen LogP contribution in [-0.4, -0.2) is 33.3 Å². The molecular weight excluding hydrogens is 421 g/mol. The van der Waals surface area contributed by atoms with Crippen LogP contribution in [-0.2, 0) is 5.54 Å². The molecule has 3 unspecified atom stereocenters. The van der Waals surface area contributed by atoms with Gasteiger partial charge in [0, 0.05) is 36.6 Å². The zero-order chi connectivity index (χ0) is 22.8. The summed E-state index contributed by atoms with van der Waals surface area (Å²) in [5, 5.41) is 11.1. The summed E-state index contributed by atoms with van der Waals surface area (Å²) in [5.74, 6) is 0.840. The number of nitrogens with one attached hydrogen (secondary N) is 1. The van der Waals surface area contributed by atoms with Crippen molar-refractivity contribution in [2.45, 2.75) is 83.5 Å². The van der Waals surface area contributed by atoms with Crippen molar-refractivity contribution in [2.24, 2.45) is 17.8 Å². The first-order valence-corrected chi connectivity index (χ1v) is 11.5. The molecule has 32 heavy (non-hydrogen) atoms. The molecule has 1 aliphatic heterocycles. The summed E-state index contributed by atoms with van der Waals surface area (Å²) in [6.45, 7) is 5.62. The number of carbonyl (C=O) groups is 1. The van der Waals surface area contributed by atoms with Gasteiger partial charge in [0.1, 0.15) is 5.54 Å². The zero-order valence-electron chi connectivity index (χ0n) is 18.6. The molecule has 2 heterocycles. The molecule has 0 radical (unpaired) electrons. The Morgan fingerprint density at radius 1 is 1.25 bits per heavy atom. The number of urea groups is 1. The van der Waals surface area contributed by atoms with Crippen molar-refractivity contribution in [1.29, 1.82) is 0 Å². The maximum atomic E-state index is 13.7. The van der Waals surface area contributed by atoms with Crippen molar-refractivity contribution in [3.63, 3.8) is 0 Å². The lowest BCUT2D eigenvalue weighted by Gasteiger charge is -2.61. The number of amides is 2. The van der Waals surface area contributed by atoms with E-state index in [2.05, 4.69) is 22.4 Å². The van der Waals surface area contributed by atoms with Gasteiger partial charge in [0.25, 0.3) is 0 Å². The topological polar surface area (TPSA) is 71.3 Å². The third-order valence-electron chi connectivity index (χ3n) is 7.74. The fraction of sp³-hybridized carbons (Fsp3) is 0.696. The Kier molecular flexibility index (Phi) is 4.94. The average molecular weight is 451 g/mol. The van der Waals surface area contributed by atoms with Crippen LogP contribution in [0.1, 0.15) is 70.6 Å². The summed E-state index contributed by atoms with van der Waals surface area (Å²) in [7, 11) is 0. The monoisotopic (exact) mass is 450 g/mol. The zero-order valence-corrected chi connectivity index (χ0v) is 18.6. The molecule has 1 saturated heterocycles. The number of aromatic nitrogens is 2. The van der Waals surface area contributed by atoms with E-state index >= 15 is 0 Å². The summed E-state index contributed by atoms with van der Waals surface area (Å²) in [4.78, 5) is 15.2. The third-order valence-corrected chi connectivity index (χ3v) is 7.74. The molecule has 9 heteroatoms. The van der Waals surface area contributed by atoms with Gasteiger partial charge >= 0.3 is 12.2 Å². The molecule has 174 valence electrons. The van der Waals surface area contributed by atoms with E-state index in [9.17, 15) is 18.0 Å². The second-order valence-corrected chi connectivity index (χ2v) is 10.1. The second-order valence-electron chi connectivity index (χ2n) is 10.1. The van der Waals surface area contributed by atoms with Crippen molar-refractivity contribution >= 4 is 6.03 Å². The van der Waals surface area contributed by atoms with Gasteiger partial charge < -0.3 is 14.6 Å². The van der Waals surface area contributed by atoms with Crippen LogP contribution in [0.25, 0.3) is 0 Å². The standard InChI is InChI=1S/C23H29F3N4O2/c1-12-7-16-11-22(10-12,20-29-28-14(3)32-20)30(16)21(31)27-19-9-17(15-5-4-6-15)18(8-13(19)2)23(24,25)26/h9,12-13,15-16H,4-8,10-11H2,1-3H3,(H,27,31)/t12-,13?,16?,22?/m1/s1. The van der Waals surface area contributed by atoms with Crippen molar-refractivity contribution in [3.05, 3.63) is 34.7 Å². The number of alkyl halides is 3. The molecule has 3 fully saturated rings. The van der Waals surface area contributed by atoms with Gasteiger partial charge in [-0.25, -0.2) is 4.79 Å². The number of halogens is 3. The second kappa shape index (κ2) is 7.35. The quantitative estimate of drug-likeness (QED) is 0.672. The fourth-order valence-electron chi connectivity index (χ4n) is 6.07. The maximum Gasteiger partial charge on any atom is 0.412 e. The van der Waals surface area contributed by atoms with Crippen molar-refractivity contribution in [2.75, 3.05) is 0 Å². The van der Waals surface area contributed by atoms with Gasteiger partial charge in [-0.2, -0.15) is 13.2 Å². The largest absolute Gasteiger partial charge is 0.423 e. The smallest absolute Gasteiger partial charge is 0.412 e. The number of fused-ring (bicyclic) bond motifs is 2.